The maximum Gasteiger partial charge on any atom is 0.135 e. The van der Waals surface area contributed by atoms with Crippen LogP contribution in [0.15, 0.2) is 120 Å². The molecule has 2 aliphatic carbocycles. The zero-order chi connectivity index (χ0) is 27.1. The van der Waals surface area contributed by atoms with E-state index in [9.17, 15) is 5.11 Å². The van der Waals surface area contributed by atoms with Crippen molar-refractivity contribution in [1.82, 2.24) is 0 Å². The molecule has 2 heteroatoms. The van der Waals surface area contributed by atoms with Gasteiger partial charge in [0.1, 0.15) is 11.2 Å². The molecule has 1 aromatic heterocycles. The van der Waals surface area contributed by atoms with Crippen LogP contribution in [-0.4, -0.2) is 5.11 Å². The van der Waals surface area contributed by atoms with Gasteiger partial charge in [0.2, 0.25) is 0 Å². The Labute approximate surface area is 237 Å². The summed E-state index contributed by atoms with van der Waals surface area (Å²) in [6, 6.07) is 36.9. The van der Waals surface area contributed by atoms with Crippen molar-refractivity contribution in [1.29, 1.82) is 0 Å². The first kappa shape index (κ1) is 22.9. The summed E-state index contributed by atoms with van der Waals surface area (Å²) in [5.41, 5.74) is 10.2. The molecule has 0 saturated carbocycles. The van der Waals surface area contributed by atoms with Crippen LogP contribution in [0, 0.1) is 0 Å². The molecule has 1 heterocycles. The van der Waals surface area contributed by atoms with Crippen LogP contribution < -0.4 is 0 Å². The lowest BCUT2D eigenvalue weighted by atomic mass is 9.78. The van der Waals surface area contributed by atoms with Crippen molar-refractivity contribution in [3.05, 3.63) is 143 Å². The SMILES string of the molecule is OC1CC=Cc2ccc3c(c21)C(c1c2ccccc2c(-c2ccc4oc5ccccc5c4c2)c2ccccc12)C=C3. The van der Waals surface area contributed by atoms with Gasteiger partial charge in [-0.05, 0) is 85.1 Å². The lowest BCUT2D eigenvalue weighted by Gasteiger charge is -2.26. The molecule has 41 heavy (non-hydrogen) atoms. The van der Waals surface area contributed by atoms with Crippen LogP contribution in [0.5, 0.6) is 0 Å². The fraction of sp³-hybridized carbons (Fsp3) is 0.0769. The number of hydrogen-bond donors (Lipinski definition) is 1. The van der Waals surface area contributed by atoms with Crippen LogP contribution in [0.4, 0.5) is 0 Å². The minimum atomic E-state index is -0.485. The smallest absolute Gasteiger partial charge is 0.135 e. The van der Waals surface area contributed by atoms with Crippen molar-refractivity contribution in [3.8, 4) is 11.1 Å². The number of aliphatic hydroxyl groups is 1. The summed E-state index contributed by atoms with van der Waals surface area (Å²) in [5, 5.41) is 18.4. The summed E-state index contributed by atoms with van der Waals surface area (Å²) in [6.07, 6.45) is 8.97. The topological polar surface area (TPSA) is 33.4 Å². The van der Waals surface area contributed by atoms with Gasteiger partial charge in [-0.3, -0.25) is 0 Å². The molecule has 2 atom stereocenters. The van der Waals surface area contributed by atoms with Crippen LogP contribution in [0.3, 0.4) is 0 Å². The molecular weight excluding hydrogens is 500 g/mol. The molecule has 0 saturated heterocycles. The highest BCUT2D eigenvalue weighted by atomic mass is 16.3. The maximum absolute atomic E-state index is 11.2. The van der Waals surface area contributed by atoms with Crippen LogP contribution in [0.2, 0.25) is 0 Å². The number of allylic oxidation sites excluding steroid dienone is 1. The molecule has 2 aliphatic rings. The Morgan fingerprint density at radius 2 is 1.20 bits per heavy atom. The summed E-state index contributed by atoms with van der Waals surface area (Å²) < 4.78 is 6.16. The van der Waals surface area contributed by atoms with E-state index in [0.717, 1.165) is 33.1 Å². The molecule has 1 N–H and O–H groups in total. The molecule has 0 bridgehead atoms. The largest absolute Gasteiger partial charge is 0.456 e. The Hall–Kier alpha value is -4.92. The first-order valence-corrected chi connectivity index (χ1v) is 14.3. The van der Waals surface area contributed by atoms with E-state index < -0.39 is 6.10 Å². The summed E-state index contributed by atoms with van der Waals surface area (Å²) in [5.74, 6) is 0.0604. The highest BCUT2D eigenvalue weighted by molar-refractivity contribution is 6.17. The van der Waals surface area contributed by atoms with Gasteiger partial charge >= 0.3 is 0 Å². The minimum absolute atomic E-state index is 0.0604. The molecule has 0 fully saturated rings. The van der Waals surface area contributed by atoms with Crippen LogP contribution in [-0.2, 0) is 0 Å². The van der Waals surface area contributed by atoms with Crippen molar-refractivity contribution in [2.24, 2.45) is 0 Å². The Morgan fingerprint density at radius 1 is 0.561 bits per heavy atom. The average Bonchev–Trinajstić information content (AvgIpc) is 3.61. The summed E-state index contributed by atoms with van der Waals surface area (Å²) in [7, 11) is 0. The second kappa shape index (κ2) is 8.54. The van der Waals surface area contributed by atoms with Crippen molar-refractivity contribution in [2.45, 2.75) is 18.4 Å². The van der Waals surface area contributed by atoms with E-state index in [4.69, 9.17) is 4.42 Å². The first-order chi connectivity index (χ1) is 20.3. The Balaban J connectivity index is 1.36. The van der Waals surface area contributed by atoms with Gasteiger partial charge in [0.05, 0.1) is 6.10 Å². The van der Waals surface area contributed by atoms with Crippen molar-refractivity contribution < 1.29 is 9.52 Å². The monoisotopic (exact) mass is 526 g/mol. The second-order valence-electron chi connectivity index (χ2n) is 11.3. The fourth-order valence-electron chi connectivity index (χ4n) is 7.35. The third-order valence-corrected chi connectivity index (χ3v) is 9.07. The predicted molar refractivity (Wildman–Crippen MR) is 170 cm³/mol. The molecule has 0 amide bonds. The zero-order valence-corrected chi connectivity index (χ0v) is 22.3. The van der Waals surface area contributed by atoms with Gasteiger partial charge in [0.15, 0.2) is 0 Å². The highest BCUT2D eigenvalue weighted by Gasteiger charge is 2.31. The van der Waals surface area contributed by atoms with Gasteiger partial charge in [-0.1, -0.05) is 109 Å². The number of benzene rings is 6. The molecular formula is C39H26O2. The van der Waals surface area contributed by atoms with Crippen LogP contribution in [0.1, 0.15) is 46.3 Å². The highest BCUT2D eigenvalue weighted by Crippen LogP contribution is 2.49. The van der Waals surface area contributed by atoms with Crippen LogP contribution >= 0.6 is 0 Å². The molecule has 9 rings (SSSR count). The summed E-state index contributed by atoms with van der Waals surface area (Å²) in [6.45, 7) is 0. The van der Waals surface area contributed by atoms with Gasteiger partial charge in [0.25, 0.3) is 0 Å². The minimum Gasteiger partial charge on any atom is -0.456 e. The van der Waals surface area contributed by atoms with E-state index in [1.54, 1.807) is 0 Å². The standard InChI is InChI=1S/C39H26O2/c40-33-14-7-8-23-16-17-24-18-20-31(37(24)38(23)33)39-29-12-3-1-10-27(29)36(28-11-2-4-13-30(28)39)25-19-21-35-32(22-25)26-9-5-6-15-34(26)41-35/h1-13,15-22,31,33,40H,14H2. The molecule has 7 aromatic rings. The van der Waals surface area contributed by atoms with E-state index in [-0.39, 0.29) is 5.92 Å². The van der Waals surface area contributed by atoms with E-state index in [0.29, 0.717) is 6.42 Å². The van der Waals surface area contributed by atoms with Gasteiger partial charge < -0.3 is 9.52 Å². The van der Waals surface area contributed by atoms with Gasteiger partial charge in [-0.15, -0.1) is 0 Å². The van der Waals surface area contributed by atoms with Crippen LogP contribution in [0.25, 0.3) is 66.8 Å². The molecule has 0 spiro atoms. The van der Waals surface area contributed by atoms with E-state index in [2.05, 4.69) is 115 Å². The van der Waals surface area contributed by atoms with Crippen molar-refractivity contribution in [3.63, 3.8) is 0 Å². The Morgan fingerprint density at radius 3 is 1.95 bits per heavy atom. The Kier molecular flexibility index (Phi) is 4.76. The number of aliphatic hydroxyl groups excluding tert-OH is 1. The summed E-state index contributed by atoms with van der Waals surface area (Å²) in [4.78, 5) is 0. The second-order valence-corrected chi connectivity index (χ2v) is 11.3. The average molecular weight is 527 g/mol. The van der Waals surface area contributed by atoms with Gasteiger partial charge in [-0.25, -0.2) is 0 Å². The zero-order valence-electron chi connectivity index (χ0n) is 22.3. The predicted octanol–water partition coefficient (Wildman–Crippen LogP) is 10.2. The van der Waals surface area contributed by atoms with Gasteiger partial charge in [0, 0.05) is 16.7 Å². The number of furan rings is 1. The third-order valence-electron chi connectivity index (χ3n) is 9.07. The molecule has 194 valence electrons. The molecule has 2 nitrogen and oxygen atoms in total. The molecule has 0 aliphatic heterocycles. The normalized spacial score (nSPS) is 17.6. The first-order valence-electron chi connectivity index (χ1n) is 14.3. The number of fused-ring (bicyclic) bond motifs is 8. The maximum atomic E-state index is 11.2. The lowest BCUT2D eigenvalue weighted by molar-refractivity contribution is 0.179. The van der Waals surface area contributed by atoms with Crippen molar-refractivity contribution >= 4 is 55.6 Å². The number of para-hydroxylation sites is 1. The quantitative estimate of drug-likeness (QED) is 0.227. The summed E-state index contributed by atoms with van der Waals surface area (Å²) >= 11 is 0. The number of hydrogen-bond acceptors (Lipinski definition) is 2. The van der Waals surface area contributed by atoms with Gasteiger partial charge in [-0.2, -0.15) is 0 Å². The van der Waals surface area contributed by atoms with E-state index in [1.165, 1.54) is 49.4 Å². The van der Waals surface area contributed by atoms with Crippen molar-refractivity contribution in [2.75, 3.05) is 0 Å². The molecule has 6 aromatic carbocycles. The Bertz CT molecular complexity index is 2210. The van der Waals surface area contributed by atoms with E-state index in [1.807, 2.05) is 12.1 Å². The lowest BCUT2D eigenvalue weighted by Crippen LogP contribution is -2.11. The number of rotatable bonds is 2. The third kappa shape index (κ3) is 3.23. The fourth-order valence-corrected chi connectivity index (χ4v) is 7.35. The molecule has 2 unspecified atom stereocenters. The van der Waals surface area contributed by atoms with E-state index >= 15 is 0 Å². The molecule has 0 radical (unpaired) electrons.